The predicted octanol–water partition coefficient (Wildman–Crippen LogP) is 4.92. The van der Waals surface area contributed by atoms with Crippen LogP contribution in [-0.4, -0.2) is 21.2 Å². The first-order valence-electron chi connectivity index (χ1n) is 10.8. The molecule has 0 radical (unpaired) electrons. The Hall–Kier alpha value is -3.52. The molecule has 1 aliphatic rings. The third-order valence-corrected chi connectivity index (χ3v) is 6.89. The first kappa shape index (κ1) is 21.3. The maximum atomic E-state index is 13.7. The summed E-state index contributed by atoms with van der Waals surface area (Å²) in [7, 11) is 0. The van der Waals surface area contributed by atoms with Crippen molar-refractivity contribution in [2.45, 2.75) is 40.2 Å². The zero-order valence-corrected chi connectivity index (χ0v) is 19.6. The number of carbonyl (C=O) groups is 1. The molecule has 5 rings (SSSR count). The van der Waals surface area contributed by atoms with Crippen LogP contribution in [-0.2, 0) is 6.42 Å². The SMILES string of the molecule is Cc1cc2oc3c(c(=O)c2cc1C)[C@H](c1ccc(O)cc1)N(c1nnc(CC(C)C)s1)C3=O. The number of aryl methyl sites for hydroxylation is 2. The highest BCUT2D eigenvalue weighted by Gasteiger charge is 2.45. The number of phenolic OH excluding ortho intramolecular Hbond substituents is 1. The number of benzene rings is 2. The molecule has 0 unspecified atom stereocenters. The van der Waals surface area contributed by atoms with Gasteiger partial charge in [0.1, 0.15) is 16.3 Å². The van der Waals surface area contributed by atoms with E-state index in [0.29, 0.717) is 27.6 Å². The number of anilines is 1. The lowest BCUT2D eigenvalue weighted by molar-refractivity contribution is 0.0970. The molecule has 168 valence electrons. The predicted molar refractivity (Wildman–Crippen MR) is 127 cm³/mol. The Labute approximate surface area is 194 Å². The van der Waals surface area contributed by atoms with E-state index in [1.54, 1.807) is 18.2 Å². The fourth-order valence-electron chi connectivity index (χ4n) is 4.17. The van der Waals surface area contributed by atoms with Gasteiger partial charge in [0.25, 0.3) is 5.91 Å². The third-order valence-electron chi connectivity index (χ3n) is 5.94. The van der Waals surface area contributed by atoms with Crippen molar-refractivity contribution in [2.24, 2.45) is 5.92 Å². The summed E-state index contributed by atoms with van der Waals surface area (Å²) >= 11 is 1.34. The van der Waals surface area contributed by atoms with Crippen LogP contribution < -0.4 is 10.3 Å². The number of carbonyl (C=O) groups excluding carboxylic acids is 1. The van der Waals surface area contributed by atoms with Gasteiger partial charge in [-0.15, -0.1) is 10.2 Å². The van der Waals surface area contributed by atoms with Crippen molar-refractivity contribution in [1.29, 1.82) is 0 Å². The van der Waals surface area contributed by atoms with Crippen LogP contribution in [0.4, 0.5) is 5.13 Å². The Kier molecular flexibility index (Phi) is 5.05. The Balaban J connectivity index is 1.75. The minimum absolute atomic E-state index is 0.0226. The standard InChI is InChI=1S/C25H23N3O4S/c1-12(2)9-19-26-27-25(33-19)28-21(15-5-7-16(29)8-6-15)20-22(30)17-10-13(3)14(4)11-18(17)32-23(20)24(28)31/h5-8,10-12,21,29H,9H2,1-4H3/t21-/m0/s1. The number of fused-ring (bicyclic) bond motifs is 2. The van der Waals surface area contributed by atoms with E-state index in [0.717, 1.165) is 22.6 Å². The van der Waals surface area contributed by atoms with Crippen molar-refractivity contribution in [1.82, 2.24) is 10.2 Å². The molecule has 1 aliphatic heterocycles. The van der Waals surface area contributed by atoms with Crippen molar-refractivity contribution in [3.05, 3.63) is 79.6 Å². The molecule has 3 heterocycles. The van der Waals surface area contributed by atoms with Gasteiger partial charge >= 0.3 is 0 Å². The molecule has 2 aromatic heterocycles. The molecule has 4 aromatic rings. The van der Waals surface area contributed by atoms with Gasteiger partial charge in [0.15, 0.2) is 5.43 Å². The second-order valence-electron chi connectivity index (χ2n) is 8.85. The summed E-state index contributed by atoms with van der Waals surface area (Å²) in [5, 5.41) is 20.0. The van der Waals surface area contributed by atoms with Crippen LogP contribution in [0.2, 0.25) is 0 Å². The minimum atomic E-state index is -0.727. The van der Waals surface area contributed by atoms with E-state index in [4.69, 9.17) is 4.42 Å². The second kappa shape index (κ2) is 7.81. The zero-order chi connectivity index (χ0) is 23.4. The summed E-state index contributed by atoms with van der Waals surface area (Å²) in [4.78, 5) is 28.8. The lowest BCUT2D eigenvalue weighted by atomic mass is 9.97. The maximum Gasteiger partial charge on any atom is 0.297 e. The molecule has 1 N–H and O–H groups in total. The Bertz CT molecular complexity index is 1450. The molecule has 0 spiro atoms. The smallest absolute Gasteiger partial charge is 0.297 e. The van der Waals surface area contributed by atoms with Gasteiger partial charge < -0.3 is 9.52 Å². The van der Waals surface area contributed by atoms with E-state index >= 15 is 0 Å². The molecule has 33 heavy (non-hydrogen) atoms. The molecule has 8 heteroatoms. The van der Waals surface area contributed by atoms with E-state index in [9.17, 15) is 14.7 Å². The Morgan fingerprint density at radius 2 is 1.79 bits per heavy atom. The van der Waals surface area contributed by atoms with Crippen molar-refractivity contribution < 1.29 is 14.3 Å². The van der Waals surface area contributed by atoms with Crippen LogP contribution in [0.3, 0.4) is 0 Å². The van der Waals surface area contributed by atoms with Crippen LogP contribution in [0.25, 0.3) is 11.0 Å². The lowest BCUT2D eigenvalue weighted by Gasteiger charge is -2.22. The molecule has 7 nitrogen and oxygen atoms in total. The fourth-order valence-corrected chi connectivity index (χ4v) is 5.25. The molecule has 0 aliphatic carbocycles. The number of phenols is 1. The van der Waals surface area contributed by atoms with E-state index in [-0.39, 0.29) is 22.5 Å². The summed E-state index contributed by atoms with van der Waals surface area (Å²) in [6.45, 7) is 8.06. The van der Waals surface area contributed by atoms with Gasteiger partial charge in [0.05, 0.1) is 17.0 Å². The monoisotopic (exact) mass is 461 g/mol. The van der Waals surface area contributed by atoms with Gasteiger partial charge in [0.2, 0.25) is 10.9 Å². The Morgan fingerprint density at radius 3 is 2.48 bits per heavy atom. The normalized spacial score (nSPS) is 15.6. The first-order chi connectivity index (χ1) is 15.7. The zero-order valence-electron chi connectivity index (χ0n) is 18.7. The topological polar surface area (TPSA) is 96.5 Å². The molecule has 0 saturated carbocycles. The van der Waals surface area contributed by atoms with Gasteiger partial charge in [-0.3, -0.25) is 14.5 Å². The number of rotatable bonds is 4. The van der Waals surface area contributed by atoms with Crippen molar-refractivity contribution in [3.8, 4) is 5.75 Å². The quantitative estimate of drug-likeness (QED) is 0.464. The van der Waals surface area contributed by atoms with Crippen LogP contribution in [0.5, 0.6) is 5.75 Å². The molecule has 1 atom stereocenters. The number of hydrogen-bond donors (Lipinski definition) is 1. The van der Waals surface area contributed by atoms with Gasteiger partial charge in [0, 0.05) is 6.42 Å². The van der Waals surface area contributed by atoms with Crippen LogP contribution >= 0.6 is 11.3 Å². The summed E-state index contributed by atoms with van der Waals surface area (Å²) in [6, 6.07) is 9.36. The van der Waals surface area contributed by atoms with Crippen LogP contribution in [0.15, 0.2) is 45.6 Å². The summed E-state index contributed by atoms with van der Waals surface area (Å²) < 4.78 is 6.05. The second-order valence-corrected chi connectivity index (χ2v) is 9.89. The molecule has 0 saturated heterocycles. The molecular formula is C25H23N3O4S. The molecule has 0 fully saturated rings. The van der Waals surface area contributed by atoms with Crippen LogP contribution in [0, 0.1) is 19.8 Å². The van der Waals surface area contributed by atoms with Crippen LogP contribution in [0.1, 0.15) is 57.7 Å². The number of amides is 1. The third kappa shape index (κ3) is 3.51. The minimum Gasteiger partial charge on any atom is -0.508 e. The van der Waals surface area contributed by atoms with E-state index < -0.39 is 11.9 Å². The highest BCUT2D eigenvalue weighted by atomic mass is 32.1. The number of hydrogen-bond acceptors (Lipinski definition) is 7. The molecular weight excluding hydrogens is 438 g/mol. The van der Waals surface area contributed by atoms with E-state index in [1.807, 2.05) is 19.9 Å². The fraction of sp³-hybridized carbons (Fsp3) is 0.280. The van der Waals surface area contributed by atoms with Gasteiger partial charge in [-0.1, -0.05) is 37.3 Å². The first-order valence-corrected chi connectivity index (χ1v) is 11.6. The van der Waals surface area contributed by atoms with Crippen molar-refractivity contribution in [3.63, 3.8) is 0 Å². The highest BCUT2D eigenvalue weighted by molar-refractivity contribution is 7.15. The average Bonchev–Trinajstić information content (AvgIpc) is 3.32. The number of aromatic hydroxyl groups is 1. The molecule has 0 bridgehead atoms. The van der Waals surface area contributed by atoms with Gasteiger partial charge in [-0.25, -0.2) is 0 Å². The lowest BCUT2D eigenvalue weighted by Crippen LogP contribution is -2.29. The molecule has 1 amide bonds. The van der Waals surface area contributed by atoms with Gasteiger partial charge in [-0.05, 0) is 60.7 Å². The van der Waals surface area contributed by atoms with E-state index in [2.05, 4.69) is 24.0 Å². The number of nitrogens with zero attached hydrogens (tertiary/aromatic N) is 3. The summed E-state index contributed by atoms with van der Waals surface area (Å²) in [5.41, 5.74) is 3.05. The highest BCUT2D eigenvalue weighted by Crippen LogP contribution is 2.42. The number of aromatic nitrogens is 2. The largest absolute Gasteiger partial charge is 0.508 e. The molecule has 2 aromatic carbocycles. The van der Waals surface area contributed by atoms with Gasteiger partial charge in [-0.2, -0.15) is 0 Å². The average molecular weight is 462 g/mol. The summed E-state index contributed by atoms with van der Waals surface area (Å²) in [5.74, 6) is 0.0915. The Morgan fingerprint density at radius 1 is 1.09 bits per heavy atom. The van der Waals surface area contributed by atoms with E-state index in [1.165, 1.54) is 28.4 Å². The summed E-state index contributed by atoms with van der Waals surface area (Å²) in [6.07, 6.45) is 0.746. The van der Waals surface area contributed by atoms with Crippen molar-refractivity contribution >= 4 is 33.3 Å². The van der Waals surface area contributed by atoms with Crippen molar-refractivity contribution in [2.75, 3.05) is 4.90 Å². The maximum absolute atomic E-state index is 13.7.